The van der Waals surface area contributed by atoms with Crippen molar-refractivity contribution in [2.24, 2.45) is 5.41 Å². The number of methoxy groups -OCH3 is 1. The van der Waals surface area contributed by atoms with Gasteiger partial charge in [-0.25, -0.2) is 8.42 Å². The number of likely N-dealkylation sites (tertiary alicyclic amines) is 1. The molecule has 0 N–H and O–H groups in total. The first kappa shape index (κ1) is 21.4. The number of amides is 1. The van der Waals surface area contributed by atoms with E-state index in [-0.39, 0.29) is 16.2 Å². The number of carbonyl (C=O) groups excluding carboxylic acids is 1. The predicted molar refractivity (Wildman–Crippen MR) is 118 cm³/mol. The fourth-order valence-electron chi connectivity index (χ4n) is 4.35. The van der Waals surface area contributed by atoms with Crippen LogP contribution in [0.25, 0.3) is 0 Å². The van der Waals surface area contributed by atoms with Crippen LogP contribution in [0.2, 0.25) is 0 Å². The van der Waals surface area contributed by atoms with Gasteiger partial charge in [-0.05, 0) is 48.9 Å². The average Bonchev–Trinajstić information content (AvgIpc) is 3.22. The number of carbonyl (C=O) groups is 1. The number of hydrogen-bond acceptors (Lipinski definition) is 4. The second-order valence-electron chi connectivity index (χ2n) is 8.18. The Balaban J connectivity index is 1.38. The summed E-state index contributed by atoms with van der Waals surface area (Å²) in [4.78, 5) is 14.6. The van der Waals surface area contributed by atoms with Gasteiger partial charge < -0.3 is 9.64 Å². The van der Waals surface area contributed by atoms with Crippen molar-refractivity contribution in [2.75, 3.05) is 33.3 Å². The Morgan fingerprint density at radius 3 is 2.42 bits per heavy atom. The molecule has 0 aromatic heterocycles. The largest absolute Gasteiger partial charge is 0.497 e. The zero-order chi connectivity index (χ0) is 21.9. The van der Waals surface area contributed by atoms with E-state index in [4.69, 9.17) is 4.74 Å². The quantitative estimate of drug-likeness (QED) is 0.691. The standard InChI is InChI=1S/C24H26N2O4S/c1-30-21-8-5-9-22(18-21)31(28,29)26-16-13-24(14-17-26)12-15-25(19-24)23(27)11-10-20-6-3-2-4-7-20/h2-9,18H,12-17,19H2,1H3. The summed E-state index contributed by atoms with van der Waals surface area (Å²) in [6.45, 7) is 2.22. The molecule has 7 heteroatoms. The summed E-state index contributed by atoms with van der Waals surface area (Å²) in [5, 5.41) is 0. The van der Waals surface area contributed by atoms with Gasteiger partial charge >= 0.3 is 0 Å². The SMILES string of the molecule is COc1cccc(S(=O)(=O)N2CCC3(CCN(C(=O)C#Cc4ccccc4)C3)CC2)c1. The highest BCUT2D eigenvalue weighted by atomic mass is 32.2. The van der Waals surface area contributed by atoms with Gasteiger partial charge in [-0.15, -0.1) is 0 Å². The van der Waals surface area contributed by atoms with Crippen LogP contribution in [0.5, 0.6) is 5.75 Å². The van der Waals surface area contributed by atoms with Crippen molar-refractivity contribution in [2.45, 2.75) is 24.2 Å². The van der Waals surface area contributed by atoms with Gasteiger partial charge in [0.25, 0.3) is 5.91 Å². The second kappa shape index (κ2) is 8.74. The number of hydrogen-bond donors (Lipinski definition) is 0. The summed E-state index contributed by atoms with van der Waals surface area (Å²) in [7, 11) is -2.04. The van der Waals surface area contributed by atoms with Crippen molar-refractivity contribution in [1.82, 2.24) is 9.21 Å². The molecule has 0 unspecified atom stereocenters. The fourth-order valence-corrected chi connectivity index (χ4v) is 5.83. The Labute approximate surface area is 183 Å². The first-order chi connectivity index (χ1) is 14.9. The highest BCUT2D eigenvalue weighted by Crippen LogP contribution is 2.41. The third-order valence-electron chi connectivity index (χ3n) is 6.28. The van der Waals surface area contributed by atoms with E-state index in [1.807, 2.05) is 35.2 Å². The van der Waals surface area contributed by atoms with E-state index >= 15 is 0 Å². The highest BCUT2D eigenvalue weighted by molar-refractivity contribution is 7.89. The van der Waals surface area contributed by atoms with Gasteiger partial charge in [0.2, 0.25) is 10.0 Å². The third kappa shape index (κ3) is 4.60. The molecule has 4 rings (SSSR count). The van der Waals surface area contributed by atoms with Crippen molar-refractivity contribution >= 4 is 15.9 Å². The lowest BCUT2D eigenvalue weighted by Gasteiger charge is -2.38. The molecule has 0 saturated carbocycles. The number of rotatable bonds is 3. The summed E-state index contributed by atoms with van der Waals surface area (Å²) in [6, 6.07) is 16.0. The minimum atomic E-state index is -3.56. The van der Waals surface area contributed by atoms with Crippen LogP contribution in [0.3, 0.4) is 0 Å². The first-order valence-electron chi connectivity index (χ1n) is 10.4. The van der Waals surface area contributed by atoms with Gasteiger partial charge in [-0.2, -0.15) is 4.31 Å². The molecule has 2 aliphatic rings. The number of benzene rings is 2. The van der Waals surface area contributed by atoms with E-state index in [2.05, 4.69) is 11.8 Å². The molecule has 2 heterocycles. The lowest BCUT2D eigenvalue weighted by molar-refractivity contribution is -0.124. The van der Waals surface area contributed by atoms with Crippen molar-refractivity contribution in [3.05, 3.63) is 60.2 Å². The van der Waals surface area contributed by atoms with E-state index in [0.29, 0.717) is 31.9 Å². The van der Waals surface area contributed by atoms with Gasteiger partial charge in [0.15, 0.2) is 0 Å². The van der Waals surface area contributed by atoms with Crippen LogP contribution in [0.15, 0.2) is 59.5 Å². The van der Waals surface area contributed by atoms with E-state index in [9.17, 15) is 13.2 Å². The van der Waals surface area contributed by atoms with Crippen molar-refractivity contribution in [3.8, 4) is 17.6 Å². The Hall–Kier alpha value is -2.82. The van der Waals surface area contributed by atoms with Crippen LogP contribution in [0.1, 0.15) is 24.8 Å². The predicted octanol–water partition coefficient (Wildman–Crippen LogP) is 2.75. The van der Waals surface area contributed by atoms with Crippen LogP contribution >= 0.6 is 0 Å². The van der Waals surface area contributed by atoms with Gasteiger partial charge in [-0.3, -0.25) is 4.79 Å². The molecule has 2 aliphatic heterocycles. The van der Waals surface area contributed by atoms with Crippen LogP contribution in [0.4, 0.5) is 0 Å². The van der Waals surface area contributed by atoms with Gasteiger partial charge in [0, 0.05) is 43.7 Å². The Kier molecular flexibility index (Phi) is 6.03. The smallest absolute Gasteiger partial charge is 0.298 e. The Morgan fingerprint density at radius 2 is 1.71 bits per heavy atom. The van der Waals surface area contributed by atoms with Crippen LogP contribution in [-0.2, 0) is 14.8 Å². The number of piperidine rings is 1. The summed E-state index contributed by atoms with van der Waals surface area (Å²) in [5.41, 5.74) is 0.797. The van der Waals surface area contributed by atoms with E-state index in [0.717, 1.165) is 24.8 Å². The van der Waals surface area contributed by atoms with Gasteiger partial charge in [0.05, 0.1) is 12.0 Å². The Morgan fingerprint density at radius 1 is 1.00 bits per heavy atom. The number of ether oxygens (including phenoxy) is 1. The molecule has 0 bridgehead atoms. The van der Waals surface area contributed by atoms with Gasteiger partial charge in [-0.1, -0.05) is 30.2 Å². The maximum Gasteiger partial charge on any atom is 0.298 e. The highest BCUT2D eigenvalue weighted by Gasteiger charge is 2.43. The zero-order valence-corrected chi connectivity index (χ0v) is 18.4. The molecular formula is C24H26N2O4S. The maximum atomic E-state index is 13.0. The zero-order valence-electron chi connectivity index (χ0n) is 17.6. The lowest BCUT2D eigenvalue weighted by atomic mass is 9.78. The molecular weight excluding hydrogens is 412 g/mol. The molecule has 2 aromatic carbocycles. The molecule has 0 radical (unpaired) electrons. The average molecular weight is 439 g/mol. The normalized spacial score (nSPS) is 18.4. The summed E-state index contributed by atoms with van der Waals surface area (Å²) < 4.78 is 32.8. The third-order valence-corrected chi connectivity index (χ3v) is 8.17. The van der Waals surface area contributed by atoms with Crippen molar-refractivity contribution in [3.63, 3.8) is 0 Å². The minimum Gasteiger partial charge on any atom is -0.497 e. The van der Waals surface area contributed by atoms with Crippen molar-refractivity contribution in [1.29, 1.82) is 0 Å². The molecule has 1 amide bonds. The van der Waals surface area contributed by atoms with E-state index in [1.165, 1.54) is 7.11 Å². The van der Waals surface area contributed by atoms with Crippen molar-refractivity contribution < 1.29 is 17.9 Å². The Bertz CT molecular complexity index is 1110. The maximum absolute atomic E-state index is 13.0. The summed E-state index contributed by atoms with van der Waals surface area (Å²) in [6.07, 6.45) is 2.37. The molecule has 31 heavy (non-hydrogen) atoms. The number of nitrogens with zero attached hydrogens (tertiary/aromatic N) is 2. The second-order valence-corrected chi connectivity index (χ2v) is 10.1. The molecule has 162 valence electrons. The molecule has 6 nitrogen and oxygen atoms in total. The first-order valence-corrected chi connectivity index (χ1v) is 11.9. The fraction of sp³-hybridized carbons (Fsp3) is 0.375. The van der Waals surface area contributed by atoms with Crippen LogP contribution in [0, 0.1) is 17.3 Å². The van der Waals surface area contributed by atoms with Crippen LogP contribution in [-0.4, -0.2) is 56.8 Å². The van der Waals surface area contributed by atoms with Crippen LogP contribution < -0.4 is 4.74 Å². The van der Waals surface area contributed by atoms with E-state index < -0.39 is 10.0 Å². The molecule has 0 aliphatic carbocycles. The lowest BCUT2D eigenvalue weighted by Crippen LogP contribution is -2.44. The monoisotopic (exact) mass is 438 g/mol. The topological polar surface area (TPSA) is 66.9 Å². The summed E-state index contributed by atoms with van der Waals surface area (Å²) >= 11 is 0. The van der Waals surface area contributed by atoms with Gasteiger partial charge in [0.1, 0.15) is 5.75 Å². The molecule has 0 atom stereocenters. The molecule has 2 aromatic rings. The minimum absolute atomic E-state index is 0.0233. The molecule has 2 saturated heterocycles. The number of sulfonamides is 1. The molecule has 1 spiro atoms. The van der Waals surface area contributed by atoms with E-state index in [1.54, 1.807) is 28.6 Å². The molecule has 2 fully saturated rings. The summed E-state index contributed by atoms with van der Waals surface area (Å²) in [5.74, 6) is 6.04.